The third-order valence-corrected chi connectivity index (χ3v) is 11.7. The molecule has 0 aromatic heterocycles. The van der Waals surface area contributed by atoms with E-state index >= 15 is 0 Å². The molecule has 7 rings (SSSR count). The number of benzene rings is 7. The summed E-state index contributed by atoms with van der Waals surface area (Å²) in [6.45, 7) is 23.1. The van der Waals surface area contributed by atoms with E-state index in [1.54, 1.807) is 45.0 Å². The Balaban J connectivity index is 0.000000409. The Labute approximate surface area is 426 Å². The average molecular weight is 1060 g/mol. The van der Waals surface area contributed by atoms with Crippen molar-refractivity contribution < 1.29 is 43.9 Å². The molecule has 7 aromatic carbocycles. The third kappa shape index (κ3) is 20.0. The molecular formula is C56H56Cl4F10. The molecular weight excluding hydrogens is 1000 g/mol. The minimum Gasteiger partial charge on any atom is -0.207 e. The summed E-state index contributed by atoms with van der Waals surface area (Å²) in [5.74, 6) is -8.08. The Bertz CT molecular complexity index is 2500. The van der Waals surface area contributed by atoms with Gasteiger partial charge in [-0.3, -0.25) is 0 Å². The standard InChI is InChI=1S/C8H8Cl2.C8H8ClF.C8H9Cl.C8H6F4.2C8H8F2.C8H9F/c2*1-5-3-7(9)6(2)8(10)4-5;1-6-3-4-7(2)8(9)5-6;1-3-5(9)7(11)4(2)8(12)6(3)10;1-5-3-7(9)6(2)8(10)4-5;1-5-3-4-6(2)8(10)7(5)9;1-6-3-4-7(2)8(9)5-6/h2*3-4H,1-2H3;3-5H,1-2H3;1-2H3;2*3-4H,1-2H3;3-5H,1-2H3. The lowest BCUT2D eigenvalue weighted by Gasteiger charge is -2.04. The van der Waals surface area contributed by atoms with Gasteiger partial charge in [0.15, 0.2) is 34.9 Å². The Kier molecular flexibility index (Phi) is 26.4. The van der Waals surface area contributed by atoms with Gasteiger partial charge >= 0.3 is 0 Å². The average Bonchev–Trinajstić information content (AvgIpc) is 3.29. The maximum Gasteiger partial charge on any atom is 0.165 e. The van der Waals surface area contributed by atoms with Crippen LogP contribution in [0.1, 0.15) is 77.9 Å². The van der Waals surface area contributed by atoms with Gasteiger partial charge in [0, 0.05) is 42.3 Å². The fourth-order valence-electron chi connectivity index (χ4n) is 5.31. The molecule has 0 unspecified atom stereocenters. The second-order valence-electron chi connectivity index (χ2n) is 16.4. The number of halogens is 14. The van der Waals surface area contributed by atoms with Gasteiger partial charge in [-0.05, 0) is 201 Å². The molecule has 378 valence electrons. The normalized spacial score (nSPS) is 10.0. The highest BCUT2D eigenvalue weighted by molar-refractivity contribution is 6.36. The first-order chi connectivity index (χ1) is 32.3. The van der Waals surface area contributed by atoms with Crippen molar-refractivity contribution in [3.63, 3.8) is 0 Å². The number of rotatable bonds is 0. The van der Waals surface area contributed by atoms with E-state index in [-0.39, 0.29) is 17.2 Å². The van der Waals surface area contributed by atoms with Crippen LogP contribution in [0.25, 0.3) is 0 Å². The zero-order valence-electron chi connectivity index (χ0n) is 41.4. The van der Waals surface area contributed by atoms with Gasteiger partial charge in [0.1, 0.15) is 23.3 Å². The van der Waals surface area contributed by atoms with Crippen LogP contribution in [0.2, 0.25) is 20.1 Å². The monoisotopic (exact) mass is 1060 g/mol. The molecule has 0 saturated carbocycles. The van der Waals surface area contributed by atoms with Gasteiger partial charge in [0.25, 0.3) is 0 Å². The molecule has 0 aliphatic rings. The van der Waals surface area contributed by atoms with Crippen LogP contribution in [0.3, 0.4) is 0 Å². The van der Waals surface area contributed by atoms with Gasteiger partial charge in [-0.25, -0.2) is 43.9 Å². The second-order valence-corrected chi connectivity index (χ2v) is 18.0. The summed E-state index contributed by atoms with van der Waals surface area (Å²) in [6.07, 6.45) is 0. The van der Waals surface area contributed by atoms with Gasteiger partial charge in [-0.2, -0.15) is 0 Å². The summed E-state index contributed by atoms with van der Waals surface area (Å²) in [5, 5.41) is 2.84. The summed E-state index contributed by atoms with van der Waals surface area (Å²) in [5.41, 5.74) is 7.60. The van der Waals surface area contributed by atoms with Crippen molar-refractivity contribution in [2.75, 3.05) is 0 Å². The molecule has 0 spiro atoms. The van der Waals surface area contributed by atoms with Crippen molar-refractivity contribution in [2.45, 2.75) is 96.9 Å². The smallest absolute Gasteiger partial charge is 0.165 e. The first-order valence-corrected chi connectivity index (χ1v) is 22.8. The van der Waals surface area contributed by atoms with Gasteiger partial charge in [-0.15, -0.1) is 0 Å². The van der Waals surface area contributed by atoms with Gasteiger partial charge in [-0.1, -0.05) is 82.8 Å². The zero-order valence-corrected chi connectivity index (χ0v) is 44.4. The molecule has 0 bridgehead atoms. The Morgan fingerprint density at radius 1 is 0.229 bits per heavy atom. The van der Waals surface area contributed by atoms with Crippen LogP contribution in [-0.2, 0) is 0 Å². The van der Waals surface area contributed by atoms with Crippen molar-refractivity contribution in [3.8, 4) is 0 Å². The Hall–Kier alpha value is -5.00. The van der Waals surface area contributed by atoms with Crippen molar-refractivity contribution in [3.05, 3.63) is 241 Å². The number of hydrogen-bond acceptors (Lipinski definition) is 0. The lowest BCUT2D eigenvalue weighted by Crippen LogP contribution is -2.02. The van der Waals surface area contributed by atoms with Crippen LogP contribution in [0.4, 0.5) is 43.9 Å². The molecule has 0 saturated heterocycles. The van der Waals surface area contributed by atoms with Crippen LogP contribution in [0.15, 0.2) is 84.9 Å². The summed E-state index contributed by atoms with van der Waals surface area (Å²) < 4.78 is 126. The SMILES string of the molecule is Cc1c(F)c(F)c(C)c(F)c1F.Cc1cc(Cl)c(C)c(Cl)c1.Cc1cc(F)c(C)c(Cl)c1.Cc1cc(F)c(C)c(F)c1.Cc1ccc(C)c(Cl)c1.Cc1ccc(C)c(F)c1.Cc1ccc(C)c(F)c1F. The lowest BCUT2D eigenvalue weighted by molar-refractivity contribution is 0.436. The summed E-state index contributed by atoms with van der Waals surface area (Å²) in [7, 11) is 0. The van der Waals surface area contributed by atoms with E-state index in [9.17, 15) is 43.9 Å². The van der Waals surface area contributed by atoms with E-state index in [2.05, 4.69) is 6.07 Å². The van der Waals surface area contributed by atoms with Crippen LogP contribution in [0.5, 0.6) is 0 Å². The fourth-order valence-corrected chi connectivity index (χ4v) is 6.40. The molecule has 0 aliphatic carbocycles. The first-order valence-electron chi connectivity index (χ1n) is 21.2. The summed E-state index contributed by atoms with van der Waals surface area (Å²) in [4.78, 5) is 0. The summed E-state index contributed by atoms with van der Waals surface area (Å²) >= 11 is 23.2. The van der Waals surface area contributed by atoms with Crippen molar-refractivity contribution in [1.29, 1.82) is 0 Å². The Morgan fingerprint density at radius 2 is 0.500 bits per heavy atom. The van der Waals surface area contributed by atoms with E-state index in [1.165, 1.54) is 50.6 Å². The second kappa shape index (κ2) is 29.4. The van der Waals surface area contributed by atoms with E-state index in [1.807, 2.05) is 71.9 Å². The minimum absolute atomic E-state index is 0.0885. The van der Waals surface area contributed by atoms with Crippen LogP contribution >= 0.6 is 46.4 Å². The van der Waals surface area contributed by atoms with E-state index in [0.29, 0.717) is 32.8 Å². The molecule has 0 aliphatic heterocycles. The predicted octanol–water partition coefficient (Wildman–Crippen LogP) is 20.1. The fraction of sp³-hybridized carbons (Fsp3) is 0.250. The lowest BCUT2D eigenvalue weighted by atomic mass is 10.1. The molecule has 0 heterocycles. The highest BCUT2D eigenvalue weighted by Crippen LogP contribution is 2.25. The molecule has 7 aromatic rings. The van der Waals surface area contributed by atoms with Gasteiger partial charge in [0.2, 0.25) is 0 Å². The molecule has 0 fully saturated rings. The highest BCUT2D eigenvalue weighted by Gasteiger charge is 2.19. The van der Waals surface area contributed by atoms with Crippen LogP contribution in [0, 0.1) is 155 Å². The minimum atomic E-state index is -1.33. The molecule has 70 heavy (non-hydrogen) atoms. The number of aryl methyl sites for hydroxylation is 9. The Morgan fingerprint density at radius 3 is 0.829 bits per heavy atom. The maximum atomic E-state index is 12.8. The van der Waals surface area contributed by atoms with Gasteiger partial charge < -0.3 is 0 Å². The third-order valence-electron chi connectivity index (χ3n) is 10.1. The largest absolute Gasteiger partial charge is 0.207 e. The first kappa shape index (κ1) is 63.0. The molecule has 0 radical (unpaired) electrons. The maximum absolute atomic E-state index is 12.8. The zero-order chi connectivity index (χ0) is 54.1. The van der Waals surface area contributed by atoms with Crippen molar-refractivity contribution in [1.82, 2.24) is 0 Å². The van der Waals surface area contributed by atoms with Crippen molar-refractivity contribution in [2.24, 2.45) is 0 Å². The number of hydrogen-bond donors (Lipinski definition) is 0. The molecule has 0 N–H and O–H groups in total. The molecule has 0 nitrogen and oxygen atoms in total. The van der Waals surface area contributed by atoms with E-state index in [4.69, 9.17) is 46.4 Å². The highest BCUT2D eigenvalue weighted by atomic mass is 35.5. The van der Waals surface area contributed by atoms with E-state index in [0.717, 1.165) is 56.7 Å². The molecule has 14 heteroatoms. The van der Waals surface area contributed by atoms with Gasteiger partial charge in [0.05, 0.1) is 0 Å². The summed E-state index contributed by atoms with van der Waals surface area (Å²) in [6, 6.07) is 24.1. The topological polar surface area (TPSA) is 0 Å². The van der Waals surface area contributed by atoms with Crippen LogP contribution < -0.4 is 0 Å². The van der Waals surface area contributed by atoms with Crippen molar-refractivity contribution >= 4 is 46.4 Å². The quantitative estimate of drug-likeness (QED) is 0.105. The predicted molar refractivity (Wildman–Crippen MR) is 271 cm³/mol. The van der Waals surface area contributed by atoms with Crippen LogP contribution in [-0.4, -0.2) is 0 Å². The molecule has 0 atom stereocenters. The van der Waals surface area contributed by atoms with E-state index < -0.39 is 57.7 Å². The molecule has 0 amide bonds.